The zero-order valence-electron chi connectivity index (χ0n) is 19.8. The molecule has 0 aliphatic heterocycles. The quantitative estimate of drug-likeness (QED) is 0.574. The van der Waals surface area contributed by atoms with Crippen LogP contribution in [0.15, 0.2) is 42.5 Å². The van der Waals surface area contributed by atoms with Gasteiger partial charge in [0.25, 0.3) is 5.91 Å². The second-order valence-electron chi connectivity index (χ2n) is 7.84. The molecule has 7 heteroatoms. The molecule has 0 fully saturated rings. The number of methoxy groups -OCH3 is 2. The Kier molecular flexibility index (Phi) is 9.38. The first-order chi connectivity index (χ1) is 15.3. The fourth-order valence-corrected chi connectivity index (χ4v) is 3.03. The van der Waals surface area contributed by atoms with Crippen LogP contribution in [-0.2, 0) is 16.1 Å². The maximum atomic E-state index is 13.2. The summed E-state index contributed by atoms with van der Waals surface area (Å²) in [6.07, 6.45) is 0.811. The van der Waals surface area contributed by atoms with Crippen LogP contribution in [0.5, 0.6) is 17.2 Å². The number of ether oxygens (including phenoxy) is 3. The van der Waals surface area contributed by atoms with Crippen molar-refractivity contribution in [1.82, 2.24) is 10.2 Å². The molecular formula is C25H34N2O5. The highest BCUT2D eigenvalue weighted by Crippen LogP contribution is 2.27. The summed E-state index contributed by atoms with van der Waals surface area (Å²) in [5.41, 5.74) is 2.07. The molecule has 7 nitrogen and oxygen atoms in total. The summed E-state index contributed by atoms with van der Waals surface area (Å²) in [4.78, 5) is 27.5. The van der Waals surface area contributed by atoms with Crippen molar-refractivity contribution in [2.45, 2.75) is 52.7 Å². The number of amides is 2. The van der Waals surface area contributed by atoms with Gasteiger partial charge in [0.05, 0.1) is 14.2 Å². The number of nitrogens with one attached hydrogen (secondary N) is 1. The Balaban J connectivity index is 2.18. The number of aryl methyl sites for hydroxylation is 1. The minimum Gasteiger partial charge on any atom is -0.496 e. The summed E-state index contributed by atoms with van der Waals surface area (Å²) in [5.74, 6) is 1.08. The highest BCUT2D eigenvalue weighted by Gasteiger charge is 2.27. The second kappa shape index (κ2) is 12.0. The second-order valence-corrected chi connectivity index (χ2v) is 7.84. The molecule has 2 atom stereocenters. The molecule has 2 aromatic carbocycles. The van der Waals surface area contributed by atoms with Crippen LogP contribution < -0.4 is 19.5 Å². The summed E-state index contributed by atoms with van der Waals surface area (Å²) in [6.45, 7) is 7.77. The minimum atomic E-state index is -0.652. The molecule has 0 bridgehead atoms. The molecule has 2 amide bonds. The lowest BCUT2D eigenvalue weighted by Crippen LogP contribution is -2.50. The van der Waals surface area contributed by atoms with Crippen LogP contribution in [-0.4, -0.2) is 49.6 Å². The Bertz CT molecular complexity index is 875. The van der Waals surface area contributed by atoms with E-state index in [1.54, 1.807) is 44.2 Å². The van der Waals surface area contributed by atoms with Crippen molar-refractivity contribution >= 4 is 11.8 Å². The van der Waals surface area contributed by atoms with E-state index in [1.807, 2.05) is 45.0 Å². The van der Waals surface area contributed by atoms with Crippen molar-refractivity contribution in [3.63, 3.8) is 0 Å². The smallest absolute Gasteiger partial charge is 0.261 e. The molecule has 0 spiro atoms. The van der Waals surface area contributed by atoms with Gasteiger partial charge in [0.1, 0.15) is 23.3 Å². The van der Waals surface area contributed by atoms with E-state index in [9.17, 15) is 9.59 Å². The third kappa shape index (κ3) is 7.18. The van der Waals surface area contributed by atoms with Gasteiger partial charge in [-0.25, -0.2) is 0 Å². The number of hydrogen-bond acceptors (Lipinski definition) is 5. The summed E-state index contributed by atoms with van der Waals surface area (Å²) >= 11 is 0. The number of nitrogens with zero attached hydrogens (tertiary/aromatic N) is 1. The number of carbonyl (C=O) groups is 2. The first-order valence-electron chi connectivity index (χ1n) is 10.8. The molecule has 0 aromatic heterocycles. The maximum absolute atomic E-state index is 13.2. The molecule has 2 rings (SSSR count). The fourth-order valence-electron chi connectivity index (χ4n) is 3.03. The van der Waals surface area contributed by atoms with Crippen molar-refractivity contribution in [2.24, 2.45) is 0 Å². The molecule has 0 aliphatic carbocycles. The lowest BCUT2D eigenvalue weighted by molar-refractivity contribution is -0.142. The first-order valence-corrected chi connectivity index (χ1v) is 10.8. The SMILES string of the molecule is CC[C@@H](C)NC(=O)[C@H](C)N(Cc1ccc(C)cc1)C(=O)COc1cc(OC)cc(OC)c1. The van der Waals surface area contributed by atoms with Crippen LogP contribution in [0, 0.1) is 6.92 Å². The zero-order valence-corrected chi connectivity index (χ0v) is 19.8. The summed E-state index contributed by atoms with van der Waals surface area (Å²) in [5, 5.41) is 2.96. The van der Waals surface area contributed by atoms with Crippen LogP contribution in [0.2, 0.25) is 0 Å². The standard InChI is InChI=1S/C25H34N2O5/c1-7-18(3)26-25(29)19(4)27(15-20-10-8-17(2)9-11-20)24(28)16-32-23-13-21(30-5)12-22(14-23)31-6/h8-14,18-19H,7,15-16H2,1-6H3,(H,26,29)/t18-,19+/m1/s1. The molecule has 0 heterocycles. The predicted octanol–water partition coefficient (Wildman–Crippen LogP) is 3.72. The zero-order chi connectivity index (χ0) is 23.7. The van der Waals surface area contributed by atoms with E-state index in [2.05, 4.69) is 5.32 Å². The summed E-state index contributed by atoms with van der Waals surface area (Å²) in [6, 6.07) is 12.4. The number of rotatable bonds is 11. The fraction of sp³-hybridized carbons (Fsp3) is 0.440. The Morgan fingerprint density at radius 3 is 2.06 bits per heavy atom. The number of carbonyl (C=O) groups excluding carboxylic acids is 2. The van der Waals surface area contributed by atoms with Crippen molar-refractivity contribution < 1.29 is 23.8 Å². The van der Waals surface area contributed by atoms with Crippen LogP contribution in [0.25, 0.3) is 0 Å². The summed E-state index contributed by atoms with van der Waals surface area (Å²) < 4.78 is 16.2. The Morgan fingerprint density at radius 2 is 1.53 bits per heavy atom. The first kappa shape index (κ1) is 25.0. The molecule has 0 unspecified atom stereocenters. The van der Waals surface area contributed by atoms with Gasteiger partial charge in [-0.05, 0) is 32.8 Å². The molecular weight excluding hydrogens is 408 g/mol. The topological polar surface area (TPSA) is 77.1 Å². The van der Waals surface area contributed by atoms with Crippen LogP contribution in [0.1, 0.15) is 38.3 Å². The van der Waals surface area contributed by atoms with E-state index >= 15 is 0 Å². The van der Waals surface area contributed by atoms with Crippen molar-refractivity contribution in [1.29, 1.82) is 0 Å². The van der Waals surface area contributed by atoms with Gasteiger partial charge < -0.3 is 24.4 Å². The van der Waals surface area contributed by atoms with E-state index in [4.69, 9.17) is 14.2 Å². The molecule has 32 heavy (non-hydrogen) atoms. The van der Waals surface area contributed by atoms with Gasteiger partial charge in [0.15, 0.2) is 6.61 Å². The Hall–Kier alpha value is -3.22. The summed E-state index contributed by atoms with van der Waals surface area (Å²) in [7, 11) is 3.09. The molecule has 0 saturated carbocycles. The van der Waals surface area contributed by atoms with Crippen LogP contribution in [0.3, 0.4) is 0 Å². The molecule has 2 aromatic rings. The van der Waals surface area contributed by atoms with Gasteiger partial charge in [0.2, 0.25) is 5.91 Å². The van der Waals surface area contributed by atoms with Crippen LogP contribution in [0.4, 0.5) is 0 Å². The molecule has 174 valence electrons. The Morgan fingerprint density at radius 1 is 0.969 bits per heavy atom. The van der Waals surface area contributed by atoms with Crippen molar-refractivity contribution in [3.05, 3.63) is 53.6 Å². The van der Waals surface area contributed by atoms with Gasteiger partial charge >= 0.3 is 0 Å². The van der Waals surface area contributed by atoms with E-state index in [0.717, 1.165) is 17.5 Å². The van der Waals surface area contributed by atoms with E-state index in [-0.39, 0.29) is 24.5 Å². The average molecular weight is 443 g/mol. The minimum absolute atomic E-state index is 0.0294. The molecule has 0 saturated heterocycles. The average Bonchev–Trinajstić information content (AvgIpc) is 2.81. The van der Waals surface area contributed by atoms with Crippen molar-refractivity contribution in [2.75, 3.05) is 20.8 Å². The van der Waals surface area contributed by atoms with E-state index < -0.39 is 6.04 Å². The largest absolute Gasteiger partial charge is 0.496 e. The van der Waals surface area contributed by atoms with Crippen molar-refractivity contribution in [3.8, 4) is 17.2 Å². The normalized spacial score (nSPS) is 12.4. The molecule has 0 radical (unpaired) electrons. The van der Waals surface area contributed by atoms with Gasteiger partial charge in [-0.15, -0.1) is 0 Å². The lowest BCUT2D eigenvalue weighted by atomic mass is 10.1. The maximum Gasteiger partial charge on any atom is 0.261 e. The molecule has 0 aliphatic rings. The van der Waals surface area contributed by atoms with Gasteiger partial charge in [-0.1, -0.05) is 36.8 Å². The third-order valence-corrected chi connectivity index (χ3v) is 5.33. The Labute approximate surface area is 190 Å². The number of hydrogen-bond donors (Lipinski definition) is 1. The monoisotopic (exact) mass is 442 g/mol. The van der Waals surface area contributed by atoms with Gasteiger partial charge in [-0.2, -0.15) is 0 Å². The highest BCUT2D eigenvalue weighted by atomic mass is 16.5. The third-order valence-electron chi connectivity index (χ3n) is 5.33. The molecule has 1 N–H and O–H groups in total. The predicted molar refractivity (Wildman–Crippen MR) is 124 cm³/mol. The lowest BCUT2D eigenvalue weighted by Gasteiger charge is -2.29. The van der Waals surface area contributed by atoms with Gasteiger partial charge in [-0.3, -0.25) is 9.59 Å². The van der Waals surface area contributed by atoms with Crippen LogP contribution >= 0.6 is 0 Å². The van der Waals surface area contributed by atoms with E-state index in [1.165, 1.54) is 0 Å². The van der Waals surface area contributed by atoms with E-state index in [0.29, 0.717) is 23.8 Å². The highest BCUT2D eigenvalue weighted by molar-refractivity contribution is 5.88. The van der Waals surface area contributed by atoms with Gasteiger partial charge in [0, 0.05) is 30.8 Å². The number of benzene rings is 2.